The van der Waals surface area contributed by atoms with E-state index in [-0.39, 0.29) is 0 Å². The van der Waals surface area contributed by atoms with Crippen LogP contribution in [0.1, 0.15) is 5.56 Å². The Morgan fingerprint density at radius 1 is 1.12 bits per heavy atom. The molecule has 0 spiro atoms. The Hall–Kier alpha value is -2.22. The smallest absolute Gasteiger partial charge is 0.113 e. The van der Waals surface area contributed by atoms with Gasteiger partial charge < -0.3 is 9.30 Å². The molecule has 0 amide bonds. The molecule has 0 radical (unpaired) electrons. The molecule has 0 saturated heterocycles. The molecular weight excluding hydrogens is 210 g/mol. The molecule has 3 heterocycles. The predicted molar refractivity (Wildman–Crippen MR) is 69.3 cm³/mol. The zero-order chi connectivity index (χ0) is 11.2. The Bertz CT molecular complexity index is 701. The lowest BCUT2D eigenvalue weighted by atomic mass is 9.98. The van der Waals surface area contributed by atoms with Crippen molar-refractivity contribution in [2.75, 3.05) is 6.61 Å². The molecule has 2 aliphatic heterocycles. The van der Waals surface area contributed by atoms with E-state index in [1.807, 2.05) is 0 Å². The molecular formula is C15H11NO. The summed E-state index contributed by atoms with van der Waals surface area (Å²) in [5.74, 6) is 0. The maximum Gasteiger partial charge on any atom is 0.113 e. The minimum Gasteiger partial charge on any atom is -0.496 e. The summed E-state index contributed by atoms with van der Waals surface area (Å²) in [7, 11) is 0. The fourth-order valence-corrected chi connectivity index (χ4v) is 2.57. The summed E-state index contributed by atoms with van der Waals surface area (Å²) in [4.78, 5) is 0. The van der Waals surface area contributed by atoms with Gasteiger partial charge in [-0.15, -0.1) is 0 Å². The third-order valence-electron chi connectivity index (χ3n) is 3.38. The van der Waals surface area contributed by atoms with Crippen LogP contribution in [-0.2, 0) is 4.74 Å². The molecule has 1 aromatic carbocycles. The zero-order valence-electron chi connectivity index (χ0n) is 9.26. The molecule has 1 aromatic heterocycles. The number of ether oxygens (including phenoxy) is 1. The molecule has 2 heteroatoms. The third kappa shape index (κ3) is 1.15. The Labute approximate surface area is 99.1 Å². The van der Waals surface area contributed by atoms with E-state index >= 15 is 0 Å². The minimum absolute atomic E-state index is 0.656. The van der Waals surface area contributed by atoms with Crippen LogP contribution in [0.5, 0.6) is 0 Å². The van der Waals surface area contributed by atoms with Gasteiger partial charge in [0, 0.05) is 23.3 Å². The summed E-state index contributed by atoms with van der Waals surface area (Å²) in [5.41, 5.74) is 5.08. The second-order valence-electron chi connectivity index (χ2n) is 4.33. The first-order chi connectivity index (χ1) is 8.43. The molecule has 2 nitrogen and oxygen atoms in total. The van der Waals surface area contributed by atoms with E-state index in [1.165, 1.54) is 27.6 Å². The molecule has 2 aliphatic rings. The average Bonchev–Trinajstić information content (AvgIpc) is 2.72. The van der Waals surface area contributed by atoms with Crippen molar-refractivity contribution >= 4 is 22.7 Å². The van der Waals surface area contributed by atoms with Crippen molar-refractivity contribution < 1.29 is 4.74 Å². The van der Waals surface area contributed by atoms with Gasteiger partial charge in [0.1, 0.15) is 6.61 Å². The lowest BCUT2D eigenvalue weighted by Gasteiger charge is -2.13. The maximum absolute atomic E-state index is 5.37. The number of rotatable bonds is 0. The summed E-state index contributed by atoms with van der Waals surface area (Å²) < 4.78 is 7.54. The monoisotopic (exact) mass is 221 g/mol. The van der Waals surface area contributed by atoms with E-state index < -0.39 is 0 Å². The lowest BCUT2D eigenvalue weighted by Crippen LogP contribution is -1.99. The second-order valence-corrected chi connectivity index (χ2v) is 4.33. The molecule has 0 unspecified atom stereocenters. The first-order valence-corrected chi connectivity index (χ1v) is 5.73. The zero-order valence-corrected chi connectivity index (χ0v) is 9.26. The normalized spacial score (nSPS) is 16.9. The fraction of sp³-hybridized carbons (Fsp3) is 0.0667. The molecule has 0 fully saturated rings. The van der Waals surface area contributed by atoms with Gasteiger partial charge >= 0.3 is 0 Å². The Morgan fingerprint density at radius 2 is 2.12 bits per heavy atom. The lowest BCUT2D eigenvalue weighted by molar-refractivity contribution is 0.280. The van der Waals surface area contributed by atoms with Crippen LogP contribution >= 0.6 is 0 Å². The first kappa shape index (κ1) is 8.88. The summed E-state index contributed by atoms with van der Waals surface area (Å²) in [5, 5.41) is 1.28. The van der Waals surface area contributed by atoms with Crippen LogP contribution in [0.4, 0.5) is 0 Å². The highest BCUT2D eigenvalue weighted by atomic mass is 16.5. The van der Waals surface area contributed by atoms with Crippen LogP contribution < -0.4 is 0 Å². The van der Waals surface area contributed by atoms with Crippen LogP contribution in [0.25, 0.3) is 22.7 Å². The van der Waals surface area contributed by atoms with E-state index in [1.54, 1.807) is 6.26 Å². The van der Waals surface area contributed by atoms with Crippen molar-refractivity contribution in [2.45, 2.75) is 0 Å². The Balaban J connectivity index is 2.15. The van der Waals surface area contributed by atoms with E-state index in [9.17, 15) is 0 Å². The molecule has 17 heavy (non-hydrogen) atoms. The number of aromatic nitrogens is 1. The number of benzene rings is 1. The SMILES string of the molecule is C1=CC2=C(C=Cn3ccc4cccc2c43)CO1. The molecule has 82 valence electrons. The molecule has 2 aromatic rings. The van der Waals surface area contributed by atoms with Crippen molar-refractivity contribution in [1.82, 2.24) is 4.57 Å². The number of hydrogen-bond acceptors (Lipinski definition) is 1. The van der Waals surface area contributed by atoms with Crippen molar-refractivity contribution in [3.05, 3.63) is 60.0 Å². The number of hydrogen-bond donors (Lipinski definition) is 0. The van der Waals surface area contributed by atoms with Gasteiger partial charge in [-0.1, -0.05) is 18.2 Å². The van der Waals surface area contributed by atoms with Gasteiger partial charge in [-0.05, 0) is 29.4 Å². The van der Waals surface area contributed by atoms with Crippen LogP contribution in [-0.4, -0.2) is 11.2 Å². The molecule has 4 rings (SSSR count). The highest BCUT2D eigenvalue weighted by Gasteiger charge is 2.16. The summed E-state index contributed by atoms with van der Waals surface area (Å²) in [6.07, 6.45) is 10.2. The van der Waals surface area contributed by atoms with E-state index in [2.05, 4.69) is 53.4 Å². The molecule has 0 atom stereocenters. The van der Waals surface area contributed by atoms with Gasteiger partial charge in [-0.25, -0.2) is 0 Å². The van der Waals surface area contributed by atoms with E-state index in [4.69, 9.17) is 4.74 Å². The third-order valence-corrected chi connectivity index (χ3v) is 3.38. The molecule has 0 aliphatic carbocycles. The summed E-state index contributed by atoms with van der Waals surface area (Å²) in [6, 6.07) is 8.59. The minimum atomic E-state index is 0.656. The molecule has 0 bridgehead atoms. The second kappa shape index (κ2) is 3.14. The predicted octanol–water partition coefficient (Wildman–Crippen LogP) is 3.42. The van der Waals surface area contributed by atoms with Gasteiger partial charge in [-0.3, -0.25) is 0 Å². The van der Waals surface area contributed by atoms with Crippen LogP contribution in [0.2, 0.25) is 0 Å². The number of allylic oxidation sites excluding steroid dienone is 2. The van der Waals surface area contributed by atoms with Crippen molar-refractivity contribution in [3.8, 4) is 0 Å². The molecule has 0 N–H and O–H groups in total. The highest BCUT2D eigenvalue weighted by Crippen LogP contribution is 2.33. The van der Waals surface area contributed by atoms with Gasteiger partial charge in [0.2, 0.25) is 0 Å². The number of nitrogens with zero attached hydrogens (tertiary/aromatic N) is 1. The fourth-order valence-electron chi connectivity index (χ4n) is 2.57. The van der Waals surface area contributed by atoms with Crippen molar-refractivity contribution in [3.63, 3.8) is 0 Å². The number of fused-ring (bicyclic) bond motifs is 1. The van der Waals surface area contributed by atoms with Gasteiger partial charge in [0.25, 0.3) is 0 Å². The van der Waals surface area contributed by atoms with Crippen molar-refractivity contribution in [2.24, 2.45) is 0 Å². The van der Waals surface area contributed by atoms with E-state index in [0.717, 1.165) is 0 Å². The van der Waals surface area contributed by atoms with Crippen molar-refractivity contribution in [1.29, 1.82) is 0 Å². The highest BCUT2D eigenvalue weighted by molar-refractivity contribution is 5.98. The quantitative estimate of drug-likeness (QED) is 0.664. The first-order valence-electron chi connectivity index (χ1n) is 5.73. The average molecular weight is 221 g/mol. The summed E-state index contributed by atoms with van der Waals surface area (Å²) >= 11 is 0. The van der Waals surface area contributed by atoms with Gasteiger partial charge in [0.05, 0.1) is 11.8 Å². The van der Waals surface area contributed by atoms with Crippen LogP contribution in [0.15, 0.2) is 54.4 Å². The largest absolute Gasteiger partial charge is 0.496 e. The summed E-state index contributed by atoms with van der Waals surface area (Å²) in [6.45, 7) is 0.656. The standard InChI is InChI=1S/C15H11NO/c1-2-11-4-7-16-8-5-12-10-17-9-6-13(12)14(3-1)15(11)16/h1-9H,10H2. The topological polar surface area (TPSA) is 14.2 Å². The Kier molecular flexibility index (Phi) is 1.64. The van der Waals surface area contributed by atoms with Crippen LogP contribution in [0, 0.1) is 0 Å². The maximum atomic E-state index is 5.37. The van der Waals surface area contributed by atoms with E-state index in [0.29, 0.717) is 6.61 Å². The van der Waals surface area contributed by atoms with Crippen LogP contribution in [0.3, 0.4) is 0 Å². The molecule has 0 saturated carbocycles. The van der Waals surface area contributed by atoms with Gasteiger partial charge in [-0.2, -0.15) is 0 Å². The Morgan fingerprint density at radius 3 is 3.12 bits per heavy atom. The van der Waals surface area contributed by atoms with Gasteiger partial charge in [0.15, 0.2) is 0 Å². The number of para-hydroxylation sites is 1.